The van der Waals surface area contributed by atoms with E-state index in [4.69, 9.17) is 5.11 Å². The number of rotatable bonds is 3. The van der Waals surface area contributed by atoms with E-state index in [-0.39, 0.29) is 6.04 Å². The Morgan fingerprint density at radius 3 is 2.65 bits per heavy atom. The Bertz CT molecular complexity index is 489. The first-order chi connectivity index (χ1) is 7.92. The SMILES string of the molecule is CC1=Cc2ccccc2C1NC(C)(C)C(=O)O. The summed E-state index contributed by atoms with van der Waals surface area (Å²) < 4.78 is 0. The molecule has 1 aliphatic carbocycles. The number of hydrogen-bond donors (Lipinski definition) is 2. The smallest absolute Gasteiger partial charge is 0.323 e. The molecule has 0 saturated heterocycles. The van der Waals surface area contributed by atoms with Gasteiger partial charge in [0.1, 0.15) is 5.54 Å². The Hall–Kier alpha value is -1.61. The summed E-state index contributed by atoms with van der Waals surface area (Å²) in [5.41, 5.74) is 2.54. The van der Waals surface area contributed by atoms with Crippen molar-refractivity contribution in [2.24, 2.45) is 0 Å². The summed E-state index contributed by atoms with van der Waals surface area (Å²) in [5.74, 6) is -0.838. The highest BCUT2D eigenvalue weighted by Gasteiger charge is 2.33. The van der Waals surface area contributed by atoms with E-state index in [0.717, 1.165) is 11.1 Å². The van der Waals surface area contributed by atoms with Crippen LogP contribution in [0.15, 0.2) is 29.8 Å². The topological polar surface area (TPSA) is 49.3 Å². The number of aliphatic carboxylic acids is 1. The molecule has 0 amide bonds. The molecular formula is C14H17NO2. The molecule has 0 aliphatic heterocycles. The second kappa shape index (κ2) is 4.00. The molecule has 2 rings (SSSR count). The lowest BCUT2D eigenvalue weighted by atomic mass is 9.98. The van der Waals surface area contributed by atoms with Gasteiger partial charge in [-0.15, -0.1) is 0 Å². The average Bonchev–Trinajstić information content (AvgIpc) is 2.55. The first kappa shape index (κ1) is 11.9. The van der Waals surface area contributed by atoms with E-state index in [1.54, 1.807) is 13.8 Å². The number of fused-ring (bicyclic) bond motifs is 1. The maximum atomic E-state index is 11.1. The van der Waals surface area contributed by atoms with Crippen molar-refractivity contribution in [3.63, 3.8) is 0 Å². The lowest BCUT2D eigenvalue weighted by Crippen LogP contribution is -2.48. The molecule has 3 heteroatoms. The first-order valence-corrected chi connectivity index (χ1v) is 5.70. The van der Waals surface area contributed by atoms with Gasteiger partial charge in [0, 0.05) is 0 Å². The highest BCUT2D eigenvalue weighted by Crippen LogP contribution is 2.35. The zero-order chi connectivity index (χ0) is 12.6. The van der Waals surface area contributed by atoms with E-state index < -0.39 is 11.5 Å². The molecule has 17 heavy (non-hydrogen) atoms. The third-order valence-electron chi connectivity index (χ3n) is 3.19. The molecule has 0 saturated carbocycles. The summed E-state index contributed by atoms with van der Waals surface area (Å²) >= 11 is 0. The molecule has 1 aliphatic rings. The lowest BCUT2D eigenvalue weighted by molar-refractivity contribution is -0.143. The van der Waals surface area contributed by atoms with Gasteiger partial charge in [-0.2, -0.15) is 0 Å². The maximum absolute atomic E-state index is 11.1. The number of carboxylic acid groups (broad SMARTS) is 1. The summed E-state index contributed by atoms with van der Waals surface area (Å²) in [4.78, 5) is 11.1. The molecule has 0 aromatic heterocycles. The van der Waals surface area contributed by atoms with Crippen LogP contribution in [0.5, 0.6) is 0 Å². The van der Waals surface area contributed by atoms with E-state index in [9.17, 15) is 4.79 Å². The van der Waals surface area contributed by atoms with Crippen LogP contribution in [0.4, 0.5) is 0 Å². The van der Waals surface area contributed by atoms with Crippen molar-refractivity contribution in [2.45, 2.75) is 32.4 Å². The van der Waals surface area contributed by atoms with Crippen LogP contribution < -0.4 is 5.32 Å². The van der Waals surface area contributed by atoms with Gasteiger partial charge in [-0.25, -0.2) is 0 Å². The van der Waals surface area contributed by atoms with Crippen LogP contribution >= 0.6 is 0 Å². The van der Waals surface area contributed by atoms with Gasteiger partial charge >= 0.3 is 5.97 Å². The third-order valence-corrected chi connectivity index (χ3v) is 3.19. The second-order valence-electron chi connectivity index (χ2n) is 5.02. The predicted molar refractivity (Wildman–Crippen MR) is 67.7 cm³/mol. The van der Waals surface area contributed by atoms with Crippen molar-refractivity contribution >= 4 is 12.0 Å². The summed E-state index contributed by atoms with van der Waals surface area (Å²) in [5, 5.41) is 12.3. The molecule has 90 valence electrons. The fourth-order valence-corrected chi connectivity index (χ4v) is 2.09. The Morgan fingerprint density at radius 1 is 1.35 bits per heavy atom. The van der Waals surface area contributed by atoms with Gasteiger partial charge < -0.3 is 5.11 Å². The van der Waals surface area contributed by atoms with Crippen molar-refractivity contribution < 1.29 is 9.90 Å². The molecule has 2 N–H and O–H groups in total. The van der Waals surface area contributed by atoms with Gasteiger partial charge in [0.25, 0.3) is 0 Å². The fraction of sp³-hybridized carbons (Fsp3) is 0.357. The van der Waals surface area contributed by atoms with Gasteiger partial charge in [0.2, 0.25) is 0 Å². The van der Waals surface area contributed by atoms with Crippen molar-refractivity contribution in [1.29, 1.82) is 0 Å². The predicted octanol–water partition coefficient (Wildman–Crippen LogP) is 2.60. The number of carbonyl (C=O) groups is 1. The second-order valence-corrected chi connectivity index (χ2v) is 5.02. The van der Waals surface area contributed by atoms with Gasteiger partial charge in [-0.1, -0.05) is 35.9 Å². The number of benzene rings is 1. The van der Waals surface area contributed by atoms with Crippen molar-refractivity contribution in [2.75, 3.05) is 0 Å². The van der Waals surface area contributed by atoms with Crippen LogP contribution in [0, 0.1) is 0 Å². The van der Waals surface area contributed by atoms with Gasteiger partial charge in [0.05, 0.1) is 6.04 Å². The Labute approximate surface area is 101 Å². The van der Waals surface area contributed by atoms with Gasteiger partial charge in [0.15, 0.2) is 0 Å². The third kappa shape index (κ3) is 2.11. The van der Waals surface area contributed by atoms with Crippen LogP contribution in [0.1, 0.15) is 37.9 Å². The number of carboxylic acids is 1. The molecule has 0 bridgehead atoms. The molecule has 1 atom stereocenters. The Kier molecular flexibility index (Phi) is 2.79. The highest BCUT2D eigenvalue weighted by molar-refractivity contribution is 5.78. The molecule has 1 unspecified atom stereocenters. The Morgan fingerprint density at radius 2 is 2.00 bits per heavy atom. The zero-order valence-corrected chi connectivity index (χ0v) is 10.3. The minimum atomic E-state index is -0.933. The molecule has 3 nitrogen and oxygen atoms in total. The van der Waals surface area contributed by atoms with E-state index in [0.29, 0.717) is 0 Å². The molecule has 0 spiro atoms. The van der Waals surface area contributed by atoms with Gasteiger partial charge in [-0.05, 0) is 31.9 Å². The molecule has 0 fully saturated rings. The quantitative estimate of drug-likeness (QED) is 0.840. The first-order valence-electron chi connectivity index (χ1n) is 5.70. The van der Waals surface area contributed by atoms with Crippen LogP contribution in [0.25, 0.3) is 6.08 Å². The fourth-order valence-electron chi connectivity index (χ4n) is 2.09. The number of nitrogens with one attached hydrogen (secondary N) is 1. The van der Waals surface area contributed by atoms with Crippen LogP contribution in [0.3, 0.4) is 0 Å². The minimum Gasteiger partial charge on any atom is -0.480 e. The van der Waals surface area contributed by atoms with E-state index >= 15 is 0 Å². The van der Waals surface area contributed by atoms with Crippen LogP contribution in [-0.2, 0) is 4.79 Å². The standard InChI is InChI=1S/C14H17NO2/c1-9-8-10-6-4-5-7-11(10)12(9)15-14(2,3)13(16)17/h4-8,12,15H,1-3H3,(H,16,17). The minimum absolute atomic E-state index is 0.00250. The normalized spacial score (nSPS) is 18.8. The summed E-state index contributed by atoms with van der Waals surface area (Å²) in [7, 11) is 0. The van der Waals surface area contributed by atoms with Crippen LogP contribution in [0.2, 0.25) is 0 Å². The highest BCUT2D eigenvalue weighted by atomic mass is 16.4. The molecule has 1 aromatic carbocycles. The van der Waals surface area contributed by atoms with Gasteiger partial charge in [-0.3, -0.25) is 10.1 Å². The largest absolute Gasteiger partial charge is 0.480 e. The maximum Gasteiger partial charge on any atom is 0.323 e. The average molecular weight is 231 g/mol. The Balaban J connectivity index is 2.30. The molecule has 0 radical (unpaired) electrons. The van der Waals surface area contributed by atoms with E-state index in [1.165, 1.54) is 5.56 Å². The molecular weight excluding hydrogens is 214 g/mol. The van der Waals surface area contributed by atoms with Crippen LogP contribution in [-0.4, -0.2) is 16.6 Å². The van der Waals surface area contributed by atoms with E-state index in [2.05, 4.69) is 11.4 Å². The molecule has 1 aromatic rings. The molecule has 0 heterocycles. The number of hydrogen-bond acceptors (Lipinski definition) is 2. The van der Waals surface area contributed by atoms with E-state index in [1.807, 2.05) is 31.2 Å². The monoisotopic (exact) mass is 231 g/mol. The summed E-state index contributed by atoms with van der Waals surface area (Å²) in [6.07, 6.45) is 2.10. The lowest BCUT2D eigenvalue weighted by Gasteiger charge is -2.27. The van der Waals surface area contributed by atoms with Crippen molar-refractivity contribution in [3.8, 4) is 0 Å². The van der Waals surface area contributed by atoms with Crippen molar-refractivity contribution in [3.05, 3.63) is 41.0 Å². The zero-order valence-electron chi connectivity index (χ0n) is 10.3. The summed E-state index contributed by atoms with van der Waals surface area (Å²) in [6.45, 7) is 5.39. The summed E-state index contributed by atoms with van der Waals surface area (Å²) in [6, 6.07) is 8.06. The van der Waals surface area contributed by atoms with Crippen molar-refractivity contribution in [1.82, 2.24) is 5.32 Å².